The predicted molar refractivity (Wildman–Crippen MR) is 67.6 cm³/mol. The van der Waals surface area contributed by atoms with Crippen LogP contribution in [-0.2, 0) is 6.42 Å². The van der Waals surface area contributed by atoms with Crippen molar-refractivity contribution in [2.24, 2.45) is 0 Å². The number of aromatic nitrogens is 1. The summed E-state index contributed by atoms with van der Waals surface area (Å²) in [6.07, 6.45) is 1.18. The Balaban J connectivity index is 1.84. The second-order valence-corrected chi connectivity index (χ2v) is 4.69. The van der Waals surface area contributed by atoms with Gasteiger partial charge in [0.25, 0.3) is 5.91 Å². The van der Waals surface area contributed by atoms with Crippen molar-refractivity contribution in [3.05, 3.63) is 53.2 Å². The Morgan fingerprint density at radius 3 is 3.00 bits per heavy atom. The van der Waals surface area contributed by atoms with Crippen molar-refractivity contribution >= 4 is 5.91 Å². The lowest BCUT2D eigenvalue weighted by Gasteiger charge is -2.17. The minimum absolute atomic E-state index is 0.191. The number of rotatable bonds is 2. The molecule has 3 rings (SSSR count). The Bertz CT molecular complexity index is 621. The van der Waals surface area contributed by atoms with Crippen molar-refractivity contribution in [3.8, 4) is 0 Å². The van der Waals surface area contributed by atoms with E-state index in [2.05, 4.69) is 10.3 Å². The summed E-state index contributed by atoms with van der Waals surface area (Å²) in [5.74, 6) is -0.160. The van der Waals surface area contributed by atoms with E-state index in [1.165, 1.54) is 6.39 Å². The Labute approximate surface area is 110 Å². The summed E-state index contributed by atoms with van der Waals surface area (Å²) in [6.45, 7) is 1.71. The number of nitrogens with one attached hydrogen (secondary N) is 1. The third-order valence-corrected chi connectivity index (χ3v) is 3.44. The summed E-state index contributed by atoms with van der Waals surface area (Å²) in [5, 5.41) is 12.9. The zero-order chi connectivity index (χ0) is 13.4. The van der Waals surface area contributed by atoms with E-state index >= 15 is 0 Å². The Morgan fingerprint density at radius 2 is 2.26 bits per heavy atom. The molecule has 2 atom stereocenters. The number of aliphatic hydroxyl groups excluding tert-OH is 1. The van der Waals surface area contributed by atoms with Crippen LogP contribution >= 0.6 is 0 Å². The monoisotopic (exact) mass is 258 g/mol. The van der Waals surface area contributed by atoms with E-state index < -0.39 is 12.1 Å². The molecular weight excluding hydrogens is 244 g/mol. The normalized spacial score (nSPS) is 21.2. The molecule has 0 saturated heterocycles. The first-order chi connectivity index (χ1) is 9.16. The summed E-state index contributed by atoms with van der Waals surface area (Å²) in [4.78, 5) is 16.0. The quantitative estimate of drug-likeness (QED) is 0.853. The fourth-order valence-electron chi connectivity index (χ4n) is 2.47. The molecule has 0 bridgehead atoms. The number of benzene rings is 1. The van der Waals surface area contributed by atoms with Crippen LogP contribution in [0.2, 0.25) is 0 Å². The number of hydrogen-bond acceptors (Lipinski definition) is 4. The maximum atomic E-state index is 12.1. The third kappa shape index (κ3) is 2.02. The number of carbonyl (C=O) groups is 1. The van der Waals surface area contributed by atoms with Gasteiger partial charge >= 0.3 is 0 Å². The maximum Gasteiger partial charge on any atom is 0.289 e. The zero-order valence-corrected chi connectivity index (χ0v) is 10.5. The first-order valence-electron chi connectivity index (χ1n) is 6.13. The van der Waals surface area contributed by atoms with E-state index in [4.69, 9.17) is 4.42 Å². The molecule has 1 aromatic carbocycles. The fourth-order valence-corrected chi connectivity index (χ4v) is 2.47. The lowest BCUT2D eigenvalue weighted by molar-refractivity contribution is 0.0831. The Kier molecular flexibility index (Phi) is 2.83. The summed E-state index contributed by atoms with van der Waals surface area (Å²) in [5.41, 5.74) is 2.56. The van der Waals surface area contributed by atoms with Crippen LogP contribution in [0.3, 0.4) is 0 Å². The molecule has 1 heterocycles. The van der Waals surface area contributed by atoms with Gasteiger partial charge in [0.15, 0.2) is 6.39 Å². The highest BCUT2D eigenvalue weighted by Crippen LogP contribution is 2.31. The van der Waals surface area contributed by atoms with Crippen LogP contribution in [-0.4, -0.2) is 22.1 Å². The van der Waals surface area contributed by atoms with E-state index in [0.717, 1.165) is 11.1 Å². The van der Waals surface area contributed by atoms with Crippen molar-refractivity contribution < 1.29 is 14.3 Å². The van der Waals surface area contributed by atoms with Gasteiger partial charge in [-0.3, -0.25) is 4.79 Å². The molecule has 1 aliphatic rings. The number of fused-ring (bicyclic) bond motifs is 1. The minimum atomic E-state index is -0.607. The van der Waals surface area contributed by atoms with Gasteiger partial charge in [0.2, 0.25) is 5.76 Å². The third-order valence-electron chi connectivity index (χ3n) is 3.44. The number of aryl methyl sites for hydroxylation is 1. The second kappa shape index (κ2) is 4.51. The molecule has 0 radical (unpaired) electrons. The maximum absolute atomic E-state index is 12.1. The first-order valence-corrected chi connectivity index (χ1v) is 6.13. The summed E-state index contributed by atoms with van der Waals surface area (Å²) in [7, 11) is 0. The highest BCUT2D eigenvalue weighted by atomic mass is 16.3. The van der Waals surface area contributed by atoms with Crippen molar-refractivity contribution in [3.63, 3.8) is 0 Å². The average molecular weight is 258 g/mol. The van der Waals surface area contributed by atoms with Gasteiger partial charge in [0.1, 0.15) is 0 Å². The van der Waals surface area contributed by atoms with E-state index in [1.807, 2.05) is 24.3 Å². The second-order valence-electron chi connectivity index (χ2n) is 4.69. The van der Waals surface area contributed by atoms with Crippen molar-refractivity contribution in [1.82, 2.24) is 10.3 Å². The van der Waals surface area contributed by atoms with E-state index in [0.29, 0.717) is 12.1 Å². The molecule has 98 valence electrons. The van der Waals surface area contributed by atoms with Crippen LogP contribution in [0.15, 0.2) is 35.1 Å². The van der Waals surface area contributed by atoms with Gasteiger partial charge in [0.05, 0.1) is 17.8 Å². The molecule has 1 aromatic heterocycles. The molecule has 0 saturated carbocycles. The summed E-state index contributed by atoms with van der Waals surface area (Å²) < 4.78 is 5.05. The van der Waals surface area contributed by atoms with E-state index in [1.54, 1.807) is 6.92 Å². The Morgan fingerprint density at radius 1 is 1.47 bits per heavy atom. The standard InChI is InChI=1S/C14H14N2O3/c1-8-13(19-7-15-8)14(18)16-12-10-5-3-2-4-9(10)6-11(12)17/h2-5,7,11-12,17H,6H2,1H3,(H,16,18)/t11-,12+/m0/s1. The number of nitrogens with zero attached hydrogens (tertiary/aromatic N) is 1. The molecule has 2 aromatic rings. The zero-order valence-electron chi connectivity index (χ0n) is 10.5. The molecule has 0 unspecified atom stereocenters. The molecular formula is C14H14N2O3. The van der Waals surface area contributed by atoms with Gasteiger partial charge < -0.3 is 14.8 Å². The summed E-state index contributed by atoms with van der Waals surface area (Å²) in [6, 6.07) is 7.31. The molecule has 0 fully saturated rings. The van der Waals surface area contributed by atoms with Crippen LogP contribution in [0.4, 0.5) is 0 Å². The van der Waals surface area contributed by atoms with Crippen molar-refractivity contribution in [2.75, 3.05) is 0 Å². The lowest BCUT2D eigenvalue weighted by atomic mass is 10.1. The fraction of sp³-hybridized carbons (Fsp3) is 0.286. The van der Waals surface area contributed by atoms with Gasteiger partial charge in [-0.1, -0.05) is 24.3 Å². The van der Waals surface area contributed by atoms with Crippen LogP contribution in [0, 0.1) is 6.92 Å². The van der Waals surface area contributed by atoms with Crippen LogP contribution in [0.5, 0.6) is 0 Å². The van der Waals surface area contributed by atoms with Crippen LogP contribution < -0.4 is 5.32 Å². The Hall–Kier alpha value is -2.14. The van der Waals surface area contributed by atoms with E-state index in [-0.39, 0.29) is 11.7 Å². The average Bonchev–Trinajstić information content (AvgIpc) is 2.94. The van der Waals surface area contributed by atoms with Crippen molar-refractivity contribution in [1.29, 1.82) is 0 Å². The van der Waals surface area contributed by atoms with Gasteiger partial charge in [-0.2, -0.15) is 0 Å². The smallest absolute Gasteiger partial charge is 0.289 e. The van der Waals surface area contributed by atoms with E-state index in [9.17, 15) is 9.90 Å². The number of hydrogen-bond donors (Lipinski definition) is 2. The SMILES string of the molecule is Cc1ncoc1C(=O)N[C@@H]1c2ccccc2C[C@@H]1O. The molecule has 1 aliphatic carbocycles. The first kappa shape index (κ1) is 11.9. The molecule has 1 amide bonds. The lowest BCUT2D eigenvalue weighted by Crippen LogP contribution is -2.34. The molecule has 19 heavy (non-hydrogen) atoms. The predicted octanol–water partition coefficient (Wildman–Crippen LogP) is 1.37. The summed E-state index contributed by atoms with van der Waals surface area (Å²) >= 11 is 0. The molecule has 0 aliphatic heterocycles. The number of oxazole rings is 1. The highest BCUT2D eigenvalue weighted by molar-refractivity contribution is 5.92. The highest BCUT2D eigenvalue weighted by Gasteiger charge is 2.32. The van der Waals surface area contributed by atoms with Gasteiger partial charge in [-0.05, 0) is 18.1 Å². The number of carbonyl (C=O) groups excluding carboxylic acids is 1. The molecule has 2 N–H and O–H groups in total. The van der Waals surface area contributed by atoms with Gasteiger partial charge in [0, 0.05) is 6.42 Å². The van der Waals surface area contributed by atoms with Crippen LogP contribution in [0.25, 0.3) is 0 Å². The number of amides is 1. The molecule has 5 nitrogen and oxygen atoms in total. The minimum Gasteiger partial charge on any atom is -0.438 e. The van der Waals surface area contributed by atoms with Gasteiger partial charge in [-0.15, -0.1) is 0 Å². The molecule has 0 spiro atoms. The van der Waals surface area contributed by atoms with Gasteiger partial charge in [-0.25, -0.2) is 4.98 Å². The molecule has 5 heteroatoms. The topological polar surface area (TPSA) is 75.4 Å². The number of aliphatic hydroxyl groups is 1. The largest absolute Gasteiger partial charge is 0.438 e. The van der Waals surface area contributed by atoms with Crippen LogP contribution in [0.1, 0.15) is 33.4 Å². The van der Waals surface area contributed by atoms with Crippen molar-refractivity contribution in [2.45, 2.75) is 25.5 Å².